The van der Waals surface area contributed by atoms with Crippen LogP contribution in [0.4, 0.5) is 0 Å². The van der Waals surface area contributed by atoms with Gasteiger partial charge in [-0.25, -0.2) is 4.68 Å². The fraction of sp³-hybridized carbons (Fsp3) is 0.429. The Labute approximate surface area is 128 Å². The van der Waals surface area contributed by atoms with Crippen molar-refractivity contribution in [3.05, 3.63) is 35.7 Å². The number of amides is 1. The molecule has 22 heavy (non-hydrogen) atoms. The van der Waals surface area contributed by atoms with E-state index in [-0.39, 0.29) is 19.1 Å². The molecule has 2 aromatic rings. The number of carbonyl (C=O) groups excluding carboxylic acids is 1. The number of hydrogen-bond donors (Lipinski definition) is 2. The van der Waals surface area contributed by atoms with Crippen LogP contribution in [0.5, 0.6) is 5.75 Å². The van der Waals surface area contributed by atoms with Crippen LogP contribution in [0.1, 0.15) is 29.5 Å². The van der Waals surface area contributed by atoms with Crippen LogP contribution in [-0.2, 0) is 13.2 Å². The molecule has 1 aromatic heterocycles. The van der Waals surface area contributed by atoms with E-state index in [9.17, 15) is 4.79 Å². The molecule has 118 valence electrons. The summed E-state index contributed by atoms with van der Waals surface area (Å²) in [4.78, 5) is 11.9. The molecule has 2 rings (SSSR count). The smallest absolute Gasteiger partial charge is 0.251 e. The van der Waals surface area contributed by atoms with Gasteiger partial charge >= 0.3 is 0 Å². The van der Waals surface area contributed by atoms with Crippen LogP contribution >= 0.6 is 0 Å². The third-order valence-corrected chi connectivity index (χ3v) is 2.99. The number of nitrogens with one attached hydrogen (secondary N) is 1. The number of aromatic nitrogens is 4. The Kier molecular flexibility index (Phi) is 5.84. The molecule has 1 aromatic carbocycles. The van der Waals surface area contributed by atoms with E-state index in [1.165, 1.54) is 0 Å². The van der Waals surface area contributed by atoms with Gasteiger partial charge in [0, 0.05) is 25.3 Å². The van der Waals surface area contributed by atoms with Gasteiger partial charge in [-0.15, -0.1) is 5.10 Å². The normalized spacial score (nSPS) is 10.5. The first-order valence-corrected chi connectivity index (χ1v) is 7.11. The number of aliphatic hydroxyl groups is 1. The van der Waals surface area contributed by atoms with E-state index < -0.39 is 0 Å². The number of hydrogen-bond acceptors (Lipinski definition) is 6. The quantitative estimate of drug-likeness (QED) is 0.684. The highest BCUT2D eigenvalue weighted by molar-refractivity contribution is 5.94. The Morgan fingerprint density at radius 1 is 1.45 bits per heavy atom. The first-order chi connectivity index (χ1) is 10.7. The van der Waals surface area contributed by atoms with Crippen molar-refractivity contribution in [2.24, 2.45) is 0 Å². The maximum Gasteiger partial charge on any atom is 0.251 e. The topological polar surface area (TPSA) is 102 Å². The van der Waals surface area contributed by atoms with Crippen molar-refractivity contribution in [3.63, 3.8) is 0 Å². The van der Waals surface area contributed by atoms with Gasteiger partial charge < -0.3 is 15.2 Å². The standard InChI is InChI=1S/C14H19N5O3/c1-2-19-13(16-17-18-19)10-22-12-6-3-5-11(9-12)14(21)15-7-4-8-20/h3,5-6,9,20H,2,4,7-8,10H2,1H3,(H,15,21). The summed E-state index contributed by atoms with van der Waals surface area (Å²) < 4.78 is 7.27. The number of aliphatic hydroxyl groups excluding tert-OH is 1. The lowest BCUT2D eigenvalue weighted by Crippen LogP contribution is -2.24. The Hall–Kier alpha value is -2.48. The van der Waals surface area contributed by atoms with E-state index in [0.717, 1.165) is 0 Å². The van der Waals surface area contributed by atoms with Crippen LogP contribution in [-0.4, -0.2) is 44.4 Å². The average molecular weight is 305 g/mol. The molecule has 0 spiro atoms. The molecule has 0 fully saturated rings. The van der Waals surface area contributed by atoms with Gasteiger partial charge in [-0.05, 0) is 42.0 Å². The van der Waals surface area contributed by atoms with Crippen molar-refractivity contribution in [2.75, 3.05) is 13.2 Å². The molecule has 8 nitrogen and oxygen atoms in total. The molecule has 2 N–H and O–H groups in total. The number of tetrazole rings is 1. The second-order valence-electron chi connectivity index (χ2n) is 4.56. The molecule has 1 amide bonds. The summed E-state index contributed by atoms with van der Waals surface area (Å²) in [5.74, 6) is 0.998. The molecule has 0 saturated carbocycles. The van der Waals surface area contributed by atoms with Gasteiger partial charge in [0.15, 0.2) is 5.82 Å². The number of nitrogens with zero attached hydrogens (tertiary/aromatic N) is 4. The van der Waals surface area contributed by atoms with Crippen LogP contribution < -0.4 is 10.1 Å². The molecule has 0 atom stereocenters. The van der Waals surface area contributed by atoms with E-state index in [0.29, 0.717) is 36.6 Å². The van der Waals surface area contributed by atoms with Gasteiger partial charge in [-0.3, -0.25) is 4.79 Å². The largest absolute Gasteiger partial charge is 0.486 e. The Balaban J connectivity index is 1.95. The number of ether oxygens (including phenoxy) is 1. The van der Waals surface area contributed by atoms with Gasteiger partial charge in [0.05, 0.1) is 0 Å². The van der Waals surface area contributed by atoms with Crippen molar-refractivity contribution >= 4 is 5.91 Å². The minimum atomic E-state index is -0.197. The maximum atomic E-state index is 11.9. The number of rotatable bonds is 8. The highest BCUT2D eigenvalue weighted by Gasteiger charge is 2.08. The molecule has 1 heterocycles. The minimum Gasteiger partial charge on any atom is -0.486 e. The van der Waals surface area contributed by atoms with E-state index in [4.69, 9.17) is 9.84 Å². The van der Waals surface area contributed by atoms with E-state index in [2.05, 4.69) is 20.8 Å². The first kappa shape index (κ1) is 15.9. The van der Waals surface area contributed by atoms with E-state index >= 15 is 0 Å². The van der Waals surface area contributed by atoms with Gasteiger partial charge in [-0.1, -0.05) is 6.07 Å². The van der Waals surface area contributed by atoms with Crippen molar-refractivity contribution in [1.29, 1.82) is 0 Å². The van der Waals surface area contributed by atoms with Crippen LogP contribution in [0, 0.1) is 0 Å². The Morgan fingerprint density at radius 2 is 2.32 bits per heavy atom. The predicted octanol–water partition coefficient (Wildman–Crippen LogP) is 0.384. The zero-order chi connectivity index (χ0) is 15.8. The Bertz CT molecular complexity index is 614. The molecule has 0 aliphatic rings. The lowest BCUT2D eigenvalue weighted by molar-refractivity contribution is 0.0950. The van der Waals surface area contributed by atoms with Crippen LogP contribution in [0.3, 0.4) is 0 Å². The van der Waals surface area contributed by atoms with Gasteiger partial charge in [-0.2, -0.15) is 0 Å². The molecular weight excluding hydrogens is 286 g/mol. The molecule has 0 saturated heterocycles. The molecule has 0 aliphatic heterocycles. The van der Waals surface area contributed by atoms with E-state index in [1.54, 1.807) is 28.9 Å². The van der Waals surface area contributed by atoms with Crippen LogP contribution in [0.15, 0.2) is 24.3 Å². The second kappa shape index (κ2) is 8.08. The van der Waals surface area contributed by atoms with Crippen molar-refractivity contribution in [1.82, 2.24) is 25.5 Å². The monoisotopic (exact) mass is 305 g/mol. The third kappa shape index (κ3) is 4.26. The molecule has 8 heteroatoms. The average Bonchev–Trinajstić information content (AvgIpc) is 3.01. The highest BCUT2D eigenvalue weighted by Crippen LogP contribution is 2.14. The molecular formula is C14H19N5O3. The number of carbonyl (C=O) groups is 1. The molecule has 0 aliphatic carbocycles. The van der Waals surface area contributed by atoms with Crippen LogP contribution in [0.2, 0.25) is 0 Å². The zero-order valence-corrected chi connectivity index (χ0v) is 12.4. The summed E-state index contributed by atoms with van der Waals surface area (Å²) in [7, 11) is 0. The molecule has 0 radical (unpaired) electrons. The van der Waals surface area contributed by atoms with Gasteiger partial charge in [0.25, 0.3) is 5.91 Å². The summed E-state index contributed by atoms with van der Waals surface area (Å²) in [5, 5.41) is 22.7. The minimum absolute atomic E-state index is 0.0512. The number of benzene rings is 1. The lowest BCUT2D eigenvalue weighted by Gasteiger charge is -2.08. The fourth-order valence-corrected chi connectivity index (χ4v) is 1.83. The summed E-state index contributed by atoms with van der Waals surface area (Å²) in [6, 6.07) is 6.88. The highest BCUT2D eigenvalue weighted by atomic mass is 16.5. The predicted molar refractivity (Wildman–Crippen MR) is 78.3 cm³/mol. The number of aryl methyl sites for hydroxylation is 1. The lowest BCUT2D eigenvalue weighted by atomic mass is 10.2. The summed E-state index contributed by atoms with van der Waals surface area (Å²) in [6.45, 7) is 3.33. The van der Waals surface area contributed by atoms with Crippen molar-refractivity contribution in [3.8, 4) is 5.75 Å². The maximum absolute atomic E-state index is 11.9. The fourth-order valence-electron chi connectivity index (χ4n) is 1.83. The van der Waals surface area contributed by atoms with Crippen molar-refractivity contribution < 1.29 is 14.6 Å². The van der Waals surface area contributed by atoms with Crippen LogP contribution in [0.25, 0.3) is 0 Å². The van der Waals surface area contributed by atoms with Crippen molar-refractivity contribution in [2.45, 2.75) is 26.5 Å². The summed E-state index contributed by atoms with van der Waals surface area (Å²) in [5.41, 5.74) is 0.505. The zero-order valence-electron chi connectivity index (χ0n) is 12.4. The van der Waals surface area contributed by atoms with Gasteiger partial charge in [0.1, 0.15) is 12.4 Å². The van der Waals surface area contributed by atoms with Gasteiger partial charge in [0.2, 0.25) is 0 Å². The SMILES string of the molecule is CCn1nnnc1COc1cccc(C(=O)NCCCO)c1. The first-order valence-electron chi connectivity index (χ1n) is 7.11. The molecule has 0 bridgehead atoms. The second-order valence-corrected chi connectivity index (χ2v) is 4.56. The summed E-state index contributed by atoms with van der Waals surface area (Å²) in [6.07, 6.45) is 0.529. The third-order valence-electron chi connectivity index (χ3n) is 2.99. The summed E-state index contributed by atoms with van der Waals surface area (Å²) >= 11 is 0. The Morgan fingerprint density at radius 3 is 3.09 bits per heavy atom. The van der Waals surface area contributed by atoms with E-state index in [1.807, 2.05) is 6.92 Å². The molecule has 0 unspecified atom stereocenters.